The van der Waals surface area contributed by atoms with Gasteiger partial charge in [-0.15, -0.1) is 0 Å². The molecule has 1 heterocycles. The van der Waals surface area contributed by atoms with Crippen molar-refractivity contribution in [2.75, 3.05) is 7.11 Å². The van der Waals surface area contributed by atoms with Gasteiger partial charge in [0.2, 0.25) is 0 Å². The molecule has 1 aromatic carbocycles. The van der Waals surface area contributed by atoms with Crippen LogP contribution in [-0.4, -0.2) is 41.9 Å². The number of fused-ring (bicyclic) bond motifs is 1. The van der Waals surface area contributed by atoms with Crippen molar-refractivity contribution in [3.05, 3.63) is 47.3 Å². The first-order valence-electron chi connectivity index (χ1n) is 7.38. The normalized spacial score (nSPS) is 19.2. The minimum atomic E-state index is -4.73. The van der Waals surface area contributed by atoms with Gasteiger partial charge < -0.3 is 9.72 Å². The highest BCUT2D eigenvalue weighted by molar-refractivity contribution is 7.80. The van der Waals surface area contributed by atoms with E-state index in [9.17, 15) is 8.42 Å². The number of imidazole rings is 1. The van der Waals surface area contributed by atoms with Crippen LogP contribution in [0, 0.1) is 11.3 Å². The fourth-order valence-corrected chi connectivity index (χ4v) is 2.78. The minimum absolute atomic E-state index is 0.181. The number of aromatic amines is 1. The second kappa shape index (κ2) is 6.72. The molecule has 1 aromatic heterocycles. The number of nitriles is 1. The molecule has 1 unspecified atom stereocenters. The monoisotopic (exact) mass is 374 g/mol. The smallest absolute Gasteiger partial charge is 0.370 e. The van der Waals surface area contributed by atoms with E-state index in [1.165, 1.54) is 7.11 Å². The number of benzene rings is 1. The van der Waals surface area contributed by atoms with Crippen LogP contribution < -0.4 is 0 Å². The Kier molecular flexibility index (Phi) is 4.60. The standard InChI is InChI=1S/C16H14N4O5S/c1-9-3-5-11(15(24-2)14(9)20-25-26(21,22)23)16-18-12-6-4-10(8-17)7-13(12)19-16/h3-7,15H,1-2H3,(H,18,19)(H,21,22,23). The number of allylic oxidation sites excluding steroid dienone is 2. The van der Waals surface area contributed by atoms with Crippen molar-refractivity contribution in [3.8, 4) is 6.07 Å². The number of aromatic nitrogens is 2. The summed E-state index contributed by atoms with van der Waals surface area (Å²) >= 11 is 0. The lowest BCUT2D eigenvalue weighted by atomic mass is 9.93. The highest BCUT2D eigenvalue weighted by Gasteiger charge is 2.29. The third-order valence-corrected chi connectivity index (χ3v) is 4.06. The molecule has 0 aliphatic heterocycles. The van der Waals surface area contributed by atoms with E-state index >= 15 is 0 Å². The topological polar surface area (TPSA) is 138 Å². The fourth-order valence-electron chi connectivity index (χ4n) is 2.61. The van der Waals surface area contributed by atoms with E-state index in [0.29, 0.717) is 33.6 Å². The number of ether oxygens (including phenoxy) is 1. The van der Waals surface area contributed by atoms with Gasteiger partial charge >= 0.3 is 10.4 Å². The first kappa shape index (κ1) is 17.8. The number of oxime groups is 1. The van der Waals surface area contributed by atoms with Crippen molar-refractivity contribution in [2.45, 2.75) is 13.0 Å². The number of hydrogen-bond acceptors (Lipinski definition) is 7. The van der Waals surface area contributed by atoms with Crippen LogP contribution >= 0.6 is 0 Å². The lowest BCUT2D eigenvalue weighted by molar-refractivity contribution is 0.192. The first-order valence-corrected chi connectivity index (χ1v) is 8.74. The van der Waals surface area contributed by atoms with E-state index < -0.39 is 16.5 Å². The zero-order valence-corrected chi connectivity index (χ0v) is 14.6. The largest absolute Gasteiger partial charge is 0.466 e. The molecule has 0 fully saturated rings. The minimum Gasteiger partial charge on any atom is -0.370 e. The molecule has 26 heavy (non-hydrogen) atoms. The zero-order valence-electron chi connectivity index (χ0n) is 13.8. The lowest BCUT2D eigenvalue weighted by Gasteiger charge is -2.22. The van der Waals surface area contributed by atoms with Gasteiger partial charge in [0.25, 0.3) is 0 Å². The van der Waals surface area contributed by atoms with Gasteiger partial charge in [0.05, 0.1) is 22.7 Å². The van der Waals surface area contributed by atoms with Gasteiger partial charge in [0.15, 0.2) is 0 Å². The number of rotatable bonds is 4. The van der Waals surface area contributed by atoms with Crippen molar-refractivity contribution in [1.82, 2.24) is 9.97 Å². The maximum Gasteiger partial charge on any atom is 0.466 e. The molecule has 3 rings (SSSR count). The van der Waals surface area contributed by atoms with Crippen molar-refractivity contribution < 1.29 is 22.0 Å². The van der Waals surface area contributed by atoms with Gasteiger partial charge in [-0.05, 0) is 30.7 Å². The Labute approximate surface area is 149 Å². The zero-order chi connectivity index (χ0) is 18.9. The molecule has 2 N–H and O–H groups in total. The molecule has 0 radical (unpaired) electrons. The molecular weight excluding hydrogens is 360 g/mol. The number of hydrogen-bond donors (Lipinski definition) is 2. The molecule has 134 valence electrons. The molecule has 0 saturated heterocycles. The number of nitrogens with one attached hydrogen (secondary N) is 1. The Morgan fingerprint density at radius 1 is 1.38 bits per heavy atom. The summed E-state index contributed by atoms with van der Waals surface area (Å²) in [6.07, 6.45) is 2.70. The average molecular weight is 374 g/mol. The van der Waals surface area contributed by atoms with Gasteiger partial charge in [0.1, 0.15) is 17.6 Å². The van der Waals surface area contributed by atoms with E-state index in [2.05, 4.69) is 25.5 Å². The van der Waals surface area contributed by atoms with Crippen LogP contribution in [0.4, 0.5) is 0 Å². The number of nitrogens with zero attached hydrogens (tertiary/aromatic N) is 3. The van der Waals surface area contributed by atoms with Crippen LogP contribution in [0.3, 0.4) is 0 Å². The second-order valence-corrected chi connectivity index (χ2v) is 6.50. The summed E-state index contributed by atoms with van der Waals surface area (Å²) in [4.78, 5) is 7.58. The van der Waals surface area contributed by atoms with E-state index in [0.717, 1.165) is 0 Å². The first-order chi connectivity index (χ1) is 12.3. The van der Waals surface area contributed by atoms with Gasteiger partial charge in [-0.2, -0.15) is 13.7 Å². The second-order valence-electron chi connectivity index (χ2n) is 5.50. The Morgan fingerprint density at radius 2 is 2.15 bits per heavy atom. The molecule has 10 heteroatoms. The summed E-state index contributed by atoms with van der Waals surface area (Å²) in [5, 5.41) is 12.5. The summed E-state index contributed by atoms with van der Waals surface area (Å²) in [6.45, 7) is 1.70. The maximum atomic E-state index is 10.8. The van der Waals surface area contributed by atoms with Crippen LogP contribution in [0.25, 0.3) is 16.6 Å². The molecular formula is C16H14N4O5S. The van der Waals surface area contributed by atoms with Crippen molar-refractivity contribution in [1.29, 1.82) is 5.26 Å². The molecule has 2 aromatic rings. The van der Waals surface area contributed by atoms with Crippen LogP contribution in [0.15, 0.2) is 41.1 Å². The molecule has 1 aliphatic carbocycles. The highest BCUT2D eigenvalue weighted by atomic mass is 32.3. The average Bonchev–Trinajstić information content (AvgIpc) is 3.02. The van der Waals surface area contributed by atoms with E-state index in [1.54, 1.807) is 37.3 Å². The predicted octanol–water partition coefficient (Wildman–Crippen LogP) is 1.97. The van der Waals surface area contributed by atoms with Gasteiger partial charge in [0, 0.05) is 12.7 Å². The van der Waals surface area contributed by atoms with Crippen LogP contribution in [0.2, 0.25) is 0 Å². The SMILES string of the molecule is COC1C(c2nc3ccc(C#N)cc3[nH]2)=CC=C(C)C1=NOS(=O)(=O)O. The number of methoxy groups -OCH3 is 1. The van der Waals surface area contributed by atoms with E-state index in [-0.39, 0.29) is 5.71 Å². The summed E-state index contributed by atoms with van der Waals surface area (Å²) in [5.41, 5.74) is 3.20. The third kappa shape index (κ3) is 3.50. The van der Waals surface area contributed by atoms with E-state index in [4.69, 9.17) is 14.6 Å². The molecule has 0 amide bonds. The molecule has 0 bridgehead atoms. The Morgan fingerprint density at radius 3 is 2.81 bits per heavy atom. The van der Waals surface area contributed by atoms with Crippen LogP contribution in [0.5, 0.6) is 0 Å². The van der Waals surface area contributed by atoms with Gasteiger partial charge in [-0.25, -0.2) is 9.27 Å². The fraction of sp³-hybridized carbons (Fsp3) is 0.188. The summed E-state index contributed by atoms with van der Waals surface area (Å²) in [7, 11) is -3.31. The maximum absolute atomic E-state index is 10.8. The molecule has 1 aliphatic rings. The lowest BCUT2D eigenvalue weighted by Crippen LogP contribution is -2.29. The highest BCUT2D eigenvalue weighted by Crippen LogP contribution is 2.28. The van der Waals surface area contributed by atoms with Crippen molar-refractivity contribution >= 4 is 32.7 Å². The Bertz CT molecular complexity index is 1110. The van der Waals surface area contributed by atoms with Crippen LogP contribution in [0.1, 0.15) is 18.3 Å². The van der Waals surface area contributed by atoms with Gasteiger partial charge in [-0.3, -0.25) is 4.55 Å². The summed E-state index contributed by atoms with van der Waals surface area (Å²) in [5.74, 6) is 0.477. The Hall–Kier alpha value is -3.00. The van der Waals surface area contributed by atoms with Crippen LogP contribution in [-0.2, 0) is 19.4 Å². The molecule has 0 saturated carbocycles. The van der Waals surface area contributed by atoms with Gasteiger partial charge in [-0.1, -0.05) is 17.3 Å². The quantitative estimate of drug-likeness (QED) is 0.616. The molecule has 0 spiro atoms. The molecule has 9 nitrogen and oxygen atoms in total. The summed E-state index contributed by atoms with van der Waals surface area (Å²) in [6, 6.07) is 7.11. The number of H-pyrrole nitrogens is 1. The Balaban J connectivity index is 2.05. The molecule has 1 atom stereocenters. The summed E-state index contributed by atoms with van der Waals surface area (Å²) < 4.78 is 40.0. The third-order valence-electron chi connectivity index (χ3n) is 3.80. The van der Waals surface area contributed by atoms with E-state index in [1.807, 2.05) is 0 Å². The predicted molar refractivity (Wildman–Crippen MR) is 93.4 cm³/mol. The van der Waals surface area contributed by atoms with Crippen molar-refractivity contribution in [3.63, 3.8) is 0 Å². The van der Waals surface area contributed by atoms with Crippen molar-refractivity contribution in [2.24, 2.45) is 5.16 Å².